The van der Waals surface area contributed by atoms with Crippen molar-refractivity contribution in [2.45, 2.75) is 31.2 Å². The lowest BCUT2D eigenvalue weighted by Crippen LogP contribution is -2.42. The Labute approximate surface area is 115 Å². The molecule has 1 saturated carbocycles. The van der Waals surface area contributed by atoms with Crippen LogP contribution in [0.1, 0.15) is 30.7 Å². The van der Waals surface area contributed by atoms with Crippen LogP contribution >= 0.6 is 0 Å². The van der Waals surface area contributed by atoms with E-state index in [0.717, 1.165) is 37.8 Å². The second-order valence-electron chi connectivity index (χ2n) is 5.95. The molecule has 1 aliphatic heterocycles. The smallest absolute Gasteiger partial charge is 0.122 e. The Morgan fingerprint density at radius 2 is 2.11 bits per heavy atom. The minimum Gasteiger partial charge on any atom is -0.493 e. The summed E-state index contributed by atoms with van der Waals surface area (Å²) in [5, 5.41) is 0. The van der Waals surface area contributed by atoms with Crippen LogP contribution in [-0.4, -0.2) is 37.7 Å². The van der Waals surface area contributed by atoms with Gasteiger partial charge in [-0.1, -0.05) is 18.2 Å². The van der Waals surface area contributed by atoms with E-state index in [0.29, 0.717) is 12.0 Å². The van der Waals surface area contributed by atoms with Crippen molar-refractivity contribution in [2.75, 3.05) is 26.7 Å². The third-order valence-electron chi connectivity index (χ3n) is 4.56. The number of rotatable bonds is 5. The van der Waals surface area contributed by atoms with E-state index in [1.165, 1.54) is 18.4 Å². The summed E-state index contributed by atoms with van der Waals surface area (Å²) >= 11 is 0. The fourth-order valence-electron chi connectivity index (χ4n) is 3.30. The molecule has 104 valence electrons. The highest BCUT2D eigenvalue weighted by Gasteiger charge is 2.34. The molecule has 1 fully saturated rings. The van der Waals surface area contributed by atoms with Crippen LogP contribution in [0.2, 0.25) is 0 Å². The monoisotopic (exact) mass is 260 g/mol. The number of fused-ring (bicyclic) bond motifs is 1. The molecule has 0 radical (unpaired) electrons. The summed E-state index contributed by atoms with van der Waals surface area (Å²) in [6.07, 6.45) is 3.83. The van der Waals surface area contributed by atoms with Gasteiger partial charge < -0.3 is 15.4 Å². The van der Waals surface area contributed by atoms with Gasteiger partial charge in [0.25, 0.3) is 0 Å². The van der Waals surface area contributed by atoms with Gasteiger partial charge in [0.1, 0.15) is 5.75 Å². The maximum atomic E-state index is 5.95. The molecule has 3 rings (SSSR count). The SMILES string of the molecule is CN(CC1CCOc2ccccc21)C(CN)C1CC1. The topological polar surface area (TPSA) is 38.5 Å². The lowest BCUT2D eigenvalue weighted by molar-refractivity contribution is 0.184. The number of ether oxygens (including phenoxy) is 1. The number of benzene rings is 1. The van der Waals surface area contributed by atoms with E-state index in [4.69, 9.17) is 10.5 Å². The average Bonchev–Trinajstić information content (AvgIpc) is 3.25. The summed E-state index contributed by atoms with van der Waals surface area (Å²) in [7, 11) is 2.23. The number of nitrogens with two attached hydrogens (primary N) is 1. The van der Waals surface area contributed by atoms with Crippen LogP contribution in [0.25, 0.3) is 0 Å². The maximum absolute atomic E-state index is 5.95. The van der Waals surface area contributed by atoms with E-state index in [1.807, 2.05) is 0 Å². The van der Waals surface area contributed by atoms with E-state index in [-0.39, 0.29) is 0 Å². The first-order valence-electron chi connectivity index (χ1n) is 7.41. The van der Waals surface area contributed by atoms with Gasteiger partial charge in [-0.2, -0.15) is 0 Å². The van der Waals surface area contributed by atoms with Crippen molar-refractivity contribution >= 4 is 0 Å². The number of likely N-dealkylation sites (N-methyl/N-ethyl adjacent to an activating group) is 1. The summed E-state index contributed by atoms with van der Waals surface area (Å²) in [5.74, 6) is 2.50. The third kappa shape index (κ3) is 2.77. The second kappa shape index (κ2) is 5.51. The van der Waals surface area contributed by atoms with Crippen LogP contribution in [0.5, 0.6) is 5.75 Å². The fraction of sp³-hybridized carbons (Fsp3) is 0.625. The first-order valence-corrected chi connectivity index (χ1v) is 7.41. The van der Waals surface area contributed by atoms with E-state index in [9.17, 15) is 0 Å². The molecule has 0 amide bonds. The molecule has 3 heteroatoms. The van der Waals surface area contributed by atoms with E-state index in [1.54, 1.807) is 0 Å². The van der Waals surface area contributed by atoms with Gasteiger partial charge in [-0.15, -0.1) is 0 Å². The Balaban J connectivity index is 1.70. The molecule has 0 aromatic heterocycles. The van der Waals surface area contributed by atoms with Crippen molar-refractivity contribution in [2.24, 2.45) is 11.7 Å². The summed E-state index contributed by atoms with van der Waals surface area (Å²) in [5.41, 5.74) is 7.32. The van der Waals surface area contributed by atoms with Crippen LogP contribution in [0, 0.1) is 5.92 Å². The molecular weight excluding hydrogens is 236 g/mol. The zero-order valence-corrected chi connectivity index (χ0v) is 11.7. The molecule has 1 aliphatic carbocycles. The van der Waals surface area contributed by atoms with E-state index >= 15 is 0 Å². The third-order valence-corrected chi connectivity index (χ3v) is 4.56. The lowest BCUT2D eigenvalue weighted by atomic mass is 9.92. The summed E-state index contributed by atoms with van der Waals surface area (Å²) in [4.78, 5) is 2.48. The molecule has 2 aliphatic rings. The molecule has 3 nitrogen and oxygen atoms in total. The molecule has 0 bridgehead atoms. The van der Waals surface area contributed by atoms with Crippen LogP contribution in [0.3, 0.4) is 0 Å². The van der Waals surface area contributed by atoms with Gasteiger partial charge >= 0.3 is 0 Å². The largest absolute Gasteiger partial charge is 0.493 e. The van der Waals surface area contributed by atoms with Gasteiger partial charge in [-0.3, -0.25) is 0 Å². The highest BCUT2D eigenvalue weighted by atomic mass is 16.5. The zero-order chi connectivity index (χ0) is 13.2. The normalized spacial score (nSPS) is 23.8. The van der Waals surface area contributed by atoms with Crippen LogP contribution in [-0.2, 0) is 0 Å². The minimum absolute atomic E-state index is 0.565. The molecule has 2 N–H and O–H groups in total. The zero-order valence-electron chi connectivity index (χ0n) is 11.7. The van der Waals surface area contributed by atoms with Crippen molar-refractivity contribution in [3.8, 4) is 5.75 Å². The van der Waals surface area contributed by atoms with Gasteiger partial charge in [0.05, 0.1) is 6.61 Å². The van der Waals surface area contributed by atoms with Crippen LogP contribution < -0.4 is 10.5 Å². The van der Waals surface area contributed by atoms with Gasteiger partial charge in [0.2, 0.25) is 0 Å². The maximum Gasteiger partial charge on any atom is 0.122 e. The Hall–Kier alpha value is -1.06. The Morgan fingerprint density at radius 1 is 1.32 bits per heavy atom. The van der Waals surface area contributed by atoms with Crippen LogP contribution in [0.4, 0.5) is 0 Å². The number of nitrogens with zero attached hydrogens (tertiary/aromatic N) is 1. The Morgan fingerprint density at radius 3 is 2.84 bits per heavy atom. The van der Waals surface area contributed by atoms with Gasteiger partial charge in [-0.25, -0.2) is 0 Å². The van der Waals surface area contributed by atoms with E-state index in [2.05, 4.69) is 36.2 Å². The van der Waals surface area contributed by atoms with Crippen molar-refractivity contribution in [3.05, 3.63) is 29.8 Å². The minimum atomic E-state index is 0.565. The van der Waals surface area contributed by atoms with Crippen LogP contribution in [0.15, 0.2) is 24.3 Å². The van der Waals surface area contributed by atoms with E-state index < -0.39 is 0 Å². The second-order valence-corrected chi connectivity index (χ2v) is 5.95. The first kappa shape index (κ1) is 12.9. The lowest BCUT2D eigenvalue weighted by Gasteiger charge is -2.33. The molecule has 2 atom stereocenters. The molecular formula is C16H24N2O. The first-order chi connectivity index (χ1) is 9.29. The van der Waals surface area contributed by atoms with Gasteiger partial charge in [-0.05, 0) is 43.9 Å². The highest BCUT2D eigenvalue weighted by molar-refractivity contribution is 5.37. The predicted octanol–water partition coefficient (Wildman–Crippen LogP) is 2.22. The Kier molecular flexibility index (Phi) is 3.76. The quantitative estimate of drug-likeness (QED) is 0.882. The summed E-state index contributed by atoms with van der Waals surface area (Å²) in [6, 6.07) is 9.03. The fourth-order valence-corrected chi connectivity index (χ4v) is 3.30. The molecule has 1 heterocycles. The van der Waals surface area contributed by atoms with Gasteiger partial charge in [0, 0.05) is 25.0 Å². The summed E-state index contributed by atoms with van der Waals surface area (Å²) in [6.45, 7) is 2.72. The molecule has 0 spiro atoms. The van der Waals surface area contributed by atoms with Crippen molar-refractivity contribution < 1.29 is 4.74 Å². The number of para-hydroxylation sites is 1. The van der Waals surface area contributed by atoms with Crippen molar-refractivity contribution in [1.82, 2.24) is 4.90 Å². The summed E-state index contributed by atoms with van der Waals surface area (Å²) < 4.78 is 5.74. The Bertz CT molecular complexity index is 431. The number of hydrogen-bond donors (Lipinski definition) is 1. The van der Waals surface area contributed by atoms with Crippen molar-refractivity contribution in [1.29, 1.82) is 0 Å². The molecule has 19 heavy (non-hydrogen) atoms. The standard InChI is InChI=1S/C16H24N2O/c1-18(15(10-17)12-6-7-12)11-13-8-9-19-16-5-3-2-4-14(13)16/h2-5,12-13,15H,6-11,17H2,1H3. The molecule has 1 aromatic carbocycles. The average molecular weight is 260 g/mol. The molecule has 2 unspecified atom stereocenters. The van der Waals surface area contributed by atoms with Crippen molar-refractivity contribution in [3.63, 3.8) is 0 Å². The number of hydrogen-bond acceptors (Lipinski definition) is 3. The predicted molar refractivity (Wildman–Crippen MR) is 77.5 cm³/mol. The molecule has 0 saturated heterocycles. The molecule has 1 aromatic rings. The van der Waals surface area contributed by atoms with Gasteiger partial charge in [0.15, 0.2) is 0 Å². The highest BCUT2D eigenvalue weighted by Crippen LogP contribution is 2.37.